The highest BCUT2D eigenvalue weighted by Gasteiger charge is 2.20. The van der Waals surface area contributed by atoms with E-state index in [1.807, 2.05) is 17.9 Å². The summed E-state index contributed by atoms with van der Waals surface area (Å²) in [6.07, 6.45) is 0. The van der Waals surface area contributed by atoms with Gasteiger partial charge in [0.25, 0.3) is 0 Å². The van der Waals surface area contributed by atoms with E-state index in [1.165, 1.54) is 0 Å². The zero-order chi connectivity index (χ0) is 13.4. The van der Waals surface area contributed by atoms with Gasteiger partial charge in [0, 0.05) is 13.1 Å². The van der Waals surface area contributed by atoms with Crippen LogP contribution in [0.3, 0.4) is 0 Å². The molecule has 6 nitrogen and oxygen atoms in total. The van der Waals surface area contributed by atoms with E-state index in [0.717, 1.165) is 22.5 Å². The van der Waals surface area contributed by atoms with Gasteiger partial charge in [-0.1, -0.05) is 0 Å². The van der Waals surface area contributed by atoms with Crippen molar-refractivity contribution in [3.8, 4) is 0 Å². The molecule has 6 heteroatoms. The number of carboxylic acids is 1. The second kappa shape index (κ2) is 4.55. The fourth-order valence-corrected chi connectivity index (χ4v) is 2.41. The molecule has 1 fully saturated rings. The number of ether oxygens (including phenoxy) is 1. The molecule has 0 atom stereocenters. The van der Waals surface area contributed by atoms with Crippen LogP contribution in [-0.2, 0) is 4.74 Å². The Kier molecular flexibility index (Phi) is 2.87. The summed E-state index contributed by atoms with van der Waals surface area (Å²) in [6, 6.07) is 3.50. The molecule has 0 spiro atoms. The molecule has 19 heavy (non-hydrogen) atoms. The molecule has 2 aromatic rings. The van der Waals surface area contributed by atoms with Crippen molar-refractivity contribution < 1.29 is 14.6 Å². The lowest BCUT2D eigenvalue weighted by atomic mass is 10.1. The number of aromatic carboxylic acids is 1. The Hall–Kier alpha value is -2.08. The van der Waals surface area contributed by atoms with Crippen molar-refractivity contribution in [1.82, 2.24) is 9.97 Å². The third kappa shape index (κ3) is 2.15. The molecule has 0 aliphatic carbocycles. The first-order valence-electron chi connectivity index (χ1n) is 6.21. The first kappa shape index (κ1) is 12.0. The van der Waals surface area contributed by atoms with Gasteiger partial charge in [-0.25, -0.2) is 9.78 Å². The van der Waals surface area contributed by atoms with Gasteiger partial charge in [0.05, 0.1) is 35.5 Å². The minimum absolute atomic E-state index is 0.304. The van der Waals surface area contributed by atoms with Gasteiger partial charge >= 0.3 is 5.97 Å². The summed E-state index contributed by atoms with van der Waals surface area (Å²) in [6.45, 7) is 4.51. The van der Waals surface area contributed by atoms with Gasteiger partial charge in [0.1, 0.15) is 5.82 Å². The Bertz CT molecular complexity index is 629. The molecule has 2 heterocycles. The molecule has 100 valence electrons. The number of fused-ring (bicyclic) bond motifs is 1. The number of imidazole rings is 1. The summed E-state index contributed by atoms with van der Waals surface area (Å²) >= 11 is 0. The molecule has 1 aliphatic rings. The molecule has 2 N–H and O–H groups in total. The van der Waals surface area contributed by atoms with Gasteiger partial charge in [-0.15, -0.1) is 0 Å². The van der Waals surface area contributed by atoms with Crippen molar-refractivity contribution in [3.05, 3.63) is 23.5 Å². The topological polar surface area (TPSA) is 78.5 Å². The van der Waals surface area contributed by atoms with Crippen molar-refractivity contribution in [2.45, 2.75) is 6.92 Å². The predicted octanol–water partition coefficient (Wildman–Crippen LogP) is 1.41. The SMILES string of the molecule is Cc1nc2cc(N3CCOCC3)c(C(=O)O)cc2[nH]1. The summed E-state index contributed by atoms with van der Waals surface area (Å²) in [5, 5.41) is 9.37. The number of H-pyrrole nitrogens is 1. The van der Waals surface area contributed by atoms with Crippen molar-refractivity contribution in [1.29, 1.82) is 0 Å². The van der Waals surface area contributed by atoms with E-state index in [0.29, 0.717) is 31.9 Å². The van der Waals surface area contributed by atoms with Crippen LogP contribution in [0.15, 0.2) is 12.1 Å². The fourth-order valence-electron chi connectivity index (χ4n) is 2.41. The predicted molar refractivity (Wildman–Crippen MR) is 70.8 cm³/mol. The summed E-state index contributed by atoms with van der Waals surface area (Å²) in [5.74, 6) is -0.138. The first-order chi connectivity index (χ1) is 9.15. The number of nitrogens with zero attached hydrogens (tertiary/aromatic N) is 2. The van der Waals surface area contributed by atoms with Gasteiger partial charge in [0.15, 0.2) is 0 Å². The third-order valence-electron chi connectivity index (χ3n) is 3.30. The average Bonchev–Trinajstić information content (AvgIpc) is 2.77. The van der Waals surface area contributed by atoms with Gasteiger partial charge in [0.2, 0.25) is 0 Å². The van der Waals surface area contributed by atoms with Crippen LogP contribution in [0, 0.1) is 6.92 Å². The Morgan fingerprint density at radius 3 is 2.84 bits per heavy atom. The minimum atomic E-state index is -0.921. The number of aromatic nitrogens is 2. The zero-order valence-corrected chi connectivity index (χ0v) is 10.6. The van der Waals surface area contributed by atoms with Crippen molar-refractivity contribution >= 4 is 22.7 Å². The maximum Gasteiger partial charge on any atom is 0.337 e. The zero-order valence-electron chi connectivity index (χ0n) is 10.6. The van der Waals surface area contributed by atoms with Gasteiger partial charge in [-0.05, 0) is 19.1 Å². The summed E-state index contributed by atoms with van der Waals surface area (Å²) in [4.78, 5) is 20.9. The van der Waals surface area contributed by atoms with E-state index in [-0.39, 0.29) is 0 Å². The Balaban J connectivity index is 2.13. The highest BCUT2D eigenvalue weighted by Crippen LogP contribution is 2.27. The van der Waals surface area contributed by atoms with Crippen LogP contribution in [0.1, 0.15) is 16.2 Å². The fraction of sp³-hybridized carbons (Fsp3) is 0.385. The second-order valence-electron chi connectivity index (χ2n) is 4.61. The van der Waals surface area contributed by atoms with E-state index >= 15 is 0 Å². The number of anilines is 1. The largest absolute Gasteiger partial charge is 0.478 e. The average molecular weight is 261 g/mol. The monoisotopic (exact) mass is 261 g/mol. The van der Waals surface area contributed by atoms with E-state index < -0.39 is 5.97 Å². The van der Waals surface area contributed by atoms with E-state index in [9.17, 15) is 9.90 Å². The molecular formula is C13H15N3O3. The van der Waals surface area contributed by atoms with Crippen LogP contribution < -0.4 is 4.90 Å². The molecule has 3 rings (SSSR count). The molecule has 0 saturated carbocycles. The van der Waals surface area contributed by atoms with Crippen LogP contribution in [0.4, 0.5) is 5.69 Å². The molecule has 0 unspecified atom stereocenters. The van der Waals surface area contributed by atoms with Crippen molar-refractivity contribution in [2.24, 2.45) is 0 Å². The normalized spacial score (nSPS) is 15.9. The van der Waals surface area contributed by atoms with E-state index in [2.05, 4.69) is 9.97 Å². The smallest absolute Gasteiger partial charge is 0.337 e. The van der Waals surface area contributed by atoms with E-state index in [4.69, 9.17) is 4.74 Å². The van der Waals surface area contributed by atoms with Crippen LogP contribution in [0.2, 0.25) is 0 Å². The lowest BCUT2D eigenvalue weighted by Gasteiger charge is -2.29. The number of benzene rings is 1. The molecule has 0 bridgehead atoms. The Morgan fingerprint density at radius 2 is 2.16 bits per heavy atom. The van der Waals surface area contributed by atoms with Crippen LogP contribution in [0.25, 0.3) is 11.0 Å². The van der Waals surface area contributed by atoms with Gasteiger partial charge in [-0.2, -0.15) is 0 Å². The number of aryl methyl sites for hydroxylation is 1. The Labute approximate surface area is 110 Å². The van der Waals surface area contributed by atoms with Crippen LogP contribution in [-0.4, -0.2) is 47.3 Å². The number of hydrogen-bond donors (Lipinski definition) is 2. The van der Waals surface area contributed by atoms with Gasteiger partial charge < -0.3 is 19.7 Å². The maximum atomic E-state index is 11.4. The highest BCUT2D eigenvalue weighted by atomic mass is 16.5. The molecular weight excluding hydrogens is 246 g/mol. The molecule has 1 aliphatic heterocycles. The molecule has 0 amide bonds. The first-order valence-corrected chi connectivity index (χ1v) is 6.21. The van der Waals surface area contributed by atoms with Crippen molar-refractivity contribution in [2.75, 3.05) is 31.2 Å². The number of nitrogens with one attached hydrogen (secondary N) is 1. The van der Waals surface area contributed by atoms with E-state index in [1.54, 1.807) is 6.07 Å². The number of hydrogen-bond acceptors (Lipinski definition) is 4. The van der Waals surface area contributed by atoms with Crippen molar-refractivity contribution in [3.63, 3.8) is 0 Å². The molecule has 1 aromatic carbocycles. The summed E-state index contributed by atoms with van der Waals surface area (Å²) < 4.78 is 5.30. The molecule has 1 aromatic heterocycles. The molecule has 1 saturated heterocycles. The third-order valence-corrected chi connectivity index (χ3v) is 3.30. The quantitative estimate of drug-likeness (QED) is 0.854. The number of aromatic amines is 1. The number of rotatable bonds is 2. The number of carboxylic acid groups (broad SMARTS) is 1. The van der Waals surface area contributed by atoms with Crippen LogP contribution >= 0.6 is 0 Å². The highest BCUT2D eigenvalue weighted by molar-refractivity contribution is 5.99. The summed E-state index contributed by atoms with van der Waals surface area (Å²) in [7, 11) is 0. The number of morpholine rings is 1. The maximum absolute atomic E-state index is 11.4. The van der Waals surface area contributed by atoms with Gasteiger partial charge in [-0.3, -0.25) is 0 Å². The Morgan fingerprint density at radius 1 is 1.42 bits per heavy atom. The summed E-state index contributed by atoms with van der Waals surface area (Å²) in [5.41, 5.74) is 2.57. The minimum Gasteiger partial charge on any atom is -0.478 e. The molecule has 0 radical (unpaired) electrons. The second-order valence-corrected chi connectivity index (χ2v) is 4.61. The number of carbonyl (C=O) groups is 1. The lowest BCUT2D eigenvalue weighted by molar-refractivity contribution is 0.0696. The standard InChI is InChI=1S/C13H15N3O3/c1-8-14-10-6-9(13(17)18)12(7-11(10)15-8)16-2-4-19-5-3-16/h6-7H,2-5H2,1H3,(H,14,15)(H,17,18). The lowest BCUT2D eigenvalue weighted by Crippen LogP contribution is -2.37. The van der Waals surface area contributed by atoms with Crippen LogP contribution in [0.5, 0.6) is 0 Å².